The van der Waals surface area contributed by atoms with E-state index in [1.807, 2.05) is 0 Å². The number of carbonyl (C=O) groups excluding carboxylic acids is 2. The number of aliphatic hydroxyl groups excluding tert-OH is 7. The largest absolute Gasteiger partial charge is 0.462 e. The first kappa shape index (κ1) is 62.8. The molecule has 11 atom stereocenters. The number of rotatable bonds is 39. The third-order valence-electron chi connectivity index (χ3n) is 11.9. The fraction of sp³-hybridized carbons (Fsp3) is 0.727. The highest BCUT2D eigenvalue weighted by Crippen LogP contribution is 2.26. The van der Waals surface area contributed by atoms with Gasteiger partial charge in [0.2, 0.25) is 0 Å². The summed E-state index contributed by atoms with van der Waals surface area (Å²) < 4.78 is 33.5. The standard InChI is InChI=1S/C55H90O15/c1-3-5-7-9-11-13-15-17-19-20-21-22-24-25-27-29-31-33-35-37-46(57)65-40-43(68-47(58)38-36-34-32-30-28-26-23-18-16-14-12-10-8-6-4-2)41-66-54-53(64)51(62)49(60)45(70-54)42-67-55-52(63)50(61)48(59)44(39-56)69-55/h5,7,11,13,16-17,19,21-23,25,27,43-45,48-56,59-64H,3-4,6,8-10,12,14-15,20,24,26,28-42H2,1-2H3/b7-5+,13-11+,19-17+,22-21+,27-25+/t18?,43-,44+,45+,48-,49-,50?,51?,52?,53?,54+,55+/m0/s1. The van der Waals surface area contributed by atoms with Crippen molar-refractivity contribution in [2.75, 3.05) is 26.4 Å². The van der Waals surface area contributed by atoms with Crippen molar-refractivity contribution in [3.05, 3.63) is 78.6 Å². The average molecular weight is 991 g/mol. The van der Waals surface area contributed by atoms with E-state index in [2.05, 4.69) is 92.5 Å². The molecule has 2 fully saturated rings. The molecule has 0 aliphatic carbocycles. The highest BCUT2D eigenvalue weighted by molar-refractivity contribution is 5.70. The van der Waals surface area contributed by atoms with Crippen molar-refractivity contribution < 1.29 is 73.8 Å². The molecule has 0 spiro atoms. The molecule has 2 heterocycles. The Labute approximate surface area is 418 Å². The van der Waals surface area contributed by atoms with Crippen molar-refractivity contribution in [1.29, 1.82) is 0 Å². The minimum absolute atomic E-state index is 0.133. The maximum Gasteiger partial charge on any atom is 0.306 e. The Balaban J connectivity index is 1.83. The van der Waals surface area contributed by atoms with Crippen LogP contribution in [0.3, 0.4) is 0 Å². The summed E-state index contributed by atoms with van der Waals surface area (Å²) in [5, 5.41) is 72.1. The van der Waals surface area contributed by atoms with E-state index in [1.165, 1.54) is 32.1 Å². The van der Waals surface area contributed by atoms with Crippen molar-refractivity contribution in [2.45, 2.75) is 229 Å². The van der Waals surface area contributed by atoms with Crippen LogP contribution in [0.25, 0.3) is 0 Å². The van der Waals surface area contributed by atoms with Gasteiger partial charge in [-0.15, -0.1) is 5.73 Å². The Morgan fingerprint density at radius 1 is 0.514 bits per heavy atom. The van der Waals surface area contributed by atoms with E-state index in [9.17, 15) is 45.3 Å². The minimum atomic E-state index is -1.78. The molecule has 2 rings (SSSR count). The summed E-state index contributed by atoms with van der Waals surface area (Å²) in [4.78, 5) is 25.8. The van der Waals surface area contributed by atoms with Crippen molar-refractivity contribution in [2.24, 2.45) is 0 Å². The highest BCUT2D eigenvalue weighted by atomic mass is 16.7. The van der Waals surface area contributed by atoms with Crippen LogP contribution in [-0.4, -0.2) is 142 Å². The van der Waals surface area contributed by atoms with Gasteiger partial charge >= 0.3 is 11.9 Å². The lowest BCUT2D eigenvalue weighted by Crippen LogP contribution is -2.61. The summed E-state index contributed by atoms with van der Waals surface area (Å²) in [6, 6.07) is 0. The molecule has 15 heteroatoms. The predicted molar refractivity (Wildman–Crippen MR) is 269 cm³/mol. The van der Waals surface area contributed by atoms with Crippen LogP contribution in [0.4, 0.5) is 0 Å². The molecule has 70 heavy (non-hydrogen) atoms. The lowest BCUT2D eigenvalue weighted by atomic mass is 9.98. The normalized spacial score (nSPS) is 25.6. The first-order valence-electron chi connectivity index (χ1n) is 26.3. The summed E-state index contributed by atoms with van der Waals surface area (Å²) in [7, 11) is 0. The van der Waals surface area contributed by atoms with Crippen LogP contribution in [0, 0.1) is 0 Å². The molecule has 0 aromatic carbocycles. The van der Waals surface area contributed by atoms with Crippen molar-refractivity contribution in [1.82, 2.24) is 0 Å². The van der Waals surface area contributed by atoms with E-state index < -0.39 is 99.3 Å². The van der Waals surface area contributed by atoms with Gasteiger partial charge in [0, 0.05) is 12.8 Å². The zero-order valence-electron chi connectivity index (χ0n) is 42.3. The Morgan fingerprint density at radius 3 is 1.57 bits per heavy atom. The van der Waals surface area contributed by atoms with Gasteiger partial charge in [0.05, 0.1) is 19.8 Å². The molecule has 2 aliphatic rings. The summed E-state index contributed by atoms with van der Waals surface area (Å²) >= 11 is 0. The average Bonchev–Trinajstić information content (AvgIpc) is 3.35. The van der Waals surface area contributed by atoms with E-state index in [4.69, 9.17) is 28.4 Å². The second-order valence-electron chi connectivity index (χ2n) is 18.1. The van der Waals surface area contributed by atoms with Gasteiger partial charge in [-0.3, -0.25) is 9.59 Å². The Morgan fingerprint density at radius 2 is 0.986 bits per heavy atom. The summed E-state index contributed by atoms with van der Waals surface area (Å²) in [6.07, 6.45) is 29.9. The monoisotopic (exact) mass is 991 g/mol. The molecule has 7 N–H and O–H groups in total. The lowest BCUT2D eigenvalue weighted by molar-refractivity contribution is -0.332. The third kappa shape index (κ3) is 28.7. The van der Waals surface area contributed by atoms with E-state index in [-0.39, 0.29) is 19.4 Å². The fourth-order valence-electron chi connectivity index (χ4n) is 7.63. The van der Waals surface area contributed by atoms with E-state index in [0.717, 1.165) is 89.9 Å². The molecule has 0 radical (unpaired) electrons. The molecular formula is C55H90O15. The van der Waals surface area contributed by atoms with E-state index in [0.29, 0.717) is 12.8 Å². The summed E-state index contributed by atoms with van der Waals surface area (Å²) in [5.41, 5.74) is 3.28. The lowest BCUT2D eigenvalue weighted by Gasteiger charge is -2.42. The predicted octanol–water partition coefficient (Wildman–Crippen LogP) is 7.59. The van der Waals surface area contributed by atoms with Gasteiger partial charge in [-0.05, 0) is 95.6 Å². The number of ether oxygens (including phenoxy) is 6. The fourth-order valence-corrected chi connectivity index (χ4v) is 7.63. The number of unbranched alkanes of at least 4 members (excludes halogenated alkanes) is 13. The molecule has 400 valence electrons. The molecule has 0 aromatic rings. The third-order valence-corrected chi connectivity index (χ3v) is 11.9. The zero-order chi connectivity index (χ0) is 51.0. The SMILES string of the molecule is CC/C=C/C/C=C/C/C=C/C/C=C/C/C=C/CCCCCC(=O)OC[C@@H](CO[C@@H]1O[C@H](CO[C@@H]2O[C@H](CO)[C@H](O)C(O)C2O)[C@H](O)C(O)C1O)OC(=O)CCCCCCCC=C=CCCCCCCC. The number of aliphatic hydroxyl groups is 7. The molecule has 0 amide bonds. The van der Waals surface area contributed by atoms with Gasteiger partial charge in [0.25, 0.3) is 0 Å². The van der Waals surface area contributed by atoms with Gasteiger partial charge in [0.1, 0.15) is 55.4 Å². The summed E-state index contributed by atoms with van der Waals surface area (Å²) in [5.74, 6) is -0.990. The zero-order valence-corrected chi connectivity index (χ0v) is 42.3. The number of carbonyl (C=O) groups is 2. The maximum atomic E-state index is 13.0. The van der Waals surface area contributed by atoms with Gasteiger partial charge in [-0.2, -0.15) is 0 Å². The molecule has 2 aliphatic heterocycles. The summed E-state index contributed by atoms with van der Waals surface area (Å²) in [6.45, 7) is 2.39. The maximum absolute atomic E-state index is 13.0. The van der Waals surface area contributed by atoms with Crippen LogP contribution in [-0.2, 0) is 38.0 Å². The highest BCUT2D eigenvalue weighted by Gasteiger charge is 2.47. The topological polar surface area (TPSA) is 231 Å². The van der Waals surface area contributed by atoms with Gasteiger partial charge in [0.15, 0.2) is 18.7 Å². The smallest absolute Gasteiger partial charge is 0.306 e. The quantitative estimate of drug-likeness (QED) is 0.0136. The number of allylic oxidation sites excluding steroid dienone is 11. The molecule has 15 nitrogen and oxygen atoms in total. The Hall–Kier alpha value is -3.28. The van der Waals surface area contributed by atoms with Crippen LogP contribution in [0.15, 0.2) is 78.6 Å². The van der Waals surface area contributed by atoms with E-state index in [1.54, 1.807) is 0 Å². The van der Waals surface area contributed by atoms with Crippen LogP contribution in [0.5, 0.6) is 0 Å². The van der Waals surface area contributed by atoms with Gasteiger partial charge in [-0.25, -0.2) is 0 Å². The molecule has 4 unspecified atom stereocenters. The number of esters is 2. The van der Waals surface area contributed by atoms with Crippen molar-refractivity contribution in [3.63, 3.8) is 0 Å². The van der Waals surface area contributed by atoms with Crippen molar-refractivity contribution in [3.8, 4) is 0 Å². The number of hydrogen-bond donors (Lipinski definition) is 7. The van der Waals surface area contributed by atoms with Crippen molar-refractivity contribution >= 4 is 11.9 Å². The van der Waals surface area contributed by atoms with Gasteiger partial charge in [-0.1, -0.05) is 126 Å². The van der Waals surface area contributed by atoms with Crippen LogP contribution < -0.4 is 0 Å². The van der Waals surface area contributed by atoms with Crippen LogP contribution in [0.1, 0.15) is 162 Å². The molecular weight excluding hydrogens is 901 g/mol. The second kappa shape index (κ2) is 41.2. The van der Waals surface area contributed by atoms with Crippen LogP contribution >= 0.6 is 0 Å². The Kier molecular flexibility index (Phi) is 37.0. The first-order chi connectivity index (χ1) is 34.0. The van der Waals surface area contributed by atoms with Crippen LogP contribution in [0.2, 0.25) is 0 Å². The molecule has 0 bridgehead atoms. The minimum Gasteiger partial charge on any atom is -0.462 e. The molecule has 0 saturated carbocycles. The molecule has 0 aromatic heterocycles. The number of hydrogen-bond acceptors (Lipinski definition) is 15. The van der Waals surface area contributed by atoms with E-state index >= 15 is 0 Å². The first-order valence-corrected chi connectivity index (χ1v) is 26.3. The van der Waals surface area contributed by atoms with Gasteiger partial charge < -0.3 is 64.2 Å². The second-order valence-corrected chi connectivity index (χ2v) is 18.1. The molecule has 2 saturated heterocycles. The Bertz CT molecular complexity index is 1550.